The van der Waals surface area contributed by atoms with Crippen LogP contribution in [0.5, 0.6) is 0 Å². The summed E-state index contributed by atoms with van der Waals surface area (Å²) < 4.78 is 0. The van der Waals surface area contributed by atoms with Crippen LogP contribution in [0.3, 0.4) is 0 Å². The second-order valence-electron chi connectivity index (χ2n) is 5.11. The summed E-state index contributed by atoms with van der Waals surface area (Å²) in [6.07, 6.45) is 1.59. The molecule has 0 spiro atoms. The molecule has 0 aliphatic carbocycles. The van der Waals surface area contributed by atoms with Gasteiger partial charge >= 0.3 is 0 Å². The van der Waals surface area contributed by atoms with Crippen molar-refractivity contribution in [2.75, 3.05) is 13.2 Å². The monoisotopic (exact) mass is 269 g/mol. The van der Waals surface area contributed by atoms with Gasteiger partial charge in [0.2, 0.25) is 0 Å². The number of hydrogen-bond acceptors (Lipinski definition) is 2. The van der Waals surface area contributed by atoms with E-state index < -0.39 is 0 Å². The lowest BCUT2D eigenvalue weighted by molar-refractivity contribution is 0.209. The minimum atomic E-state index is -0.202. The summed E-state index contributed by atoms with van der Waals surface area (Å²) in [5, 5.41) is 13.1. The van der Waals surface area contributed by atoms with E-state index in [4.69, 9.17) is 0 Å². The van der Waals surface area contributed by atoms with Gasteiger partial charge in [0.05, 0.1) is 0 Å². The average Bonchev–Trinajstić information content (AvgIpc) is 2.49. The molecule has 0 radical (unpaired) electrons. The lowest BCUT2D eigenvalue weighted by Gasteiger charge is -2.35. The molecule has 2 N–H and O–H groups in total. The molecule has 2 rings (SSSR count). The van der Waals surface area contributed by atoms with Gasteiger partial charge in [0.1, 0.15) is 0 Å². The van der Waals surface area contributed by atoms with Gasteiger partial charge in [-0.1, -0.05) is 67.6 Å². The predicted octanol–water partition coefficient (Wildman–Crippen LogP) is 3.12. The molecule has 106 valence electrons. The molecule has 2 heteroatoms. The van der Waals surface area contributed by atoms with E-state index in [0.29, 0.717) is 6.42 Å². The van der Waals surface area contributed by atoms with Gasteiger partial charge < -0.3 is 10.4 Å². The van der Waals surface area contributed by atoms with Crippen LogP contribution in [-0.4, -0.2) is 18.3 Å². The molecule has 0 bridgehead atoms. The van der Waals surface area contributed by atoms with Crippen LogP contribution in [0.2, 0.25) is 0 Å². The highest BCUT2D eigenvalue weighted by molar-refractivity contribution is 5.29. The maximum Gasteiger partial charge on any atom is 0.0497 e. The molecular formula is C18H23NO. The van der Waals surface area contributed by atoms with E-state index >= 15 is 0 Å². The van der Waals surface area contributed by atoms with Gasteiger partial charge in [-0.3, -0.25) is 0 Å². The Labute approximate surface area is 121 Å². The van der Waals surface area contributed by atoms with Crippen LogP contribution >= 0.6 is 0 Å². The van der Waals surface area contributed by atoms with Crippen LogP contribution in [0.15, 0.2) is 60.7 Å². The first-order chi connectivity index (χ1) is 9.80. The van der Waals surface area contributed by atoms with Crippen LogP contribution in [-0.2, 0) is 12.0 Å². The van der Waals surface area contributed by atoms with Gasteiger partial charge in [-0.05, 0) is 30.5 Å². The Balaban J connectivity index is 2.36. The molecule has 2 aromatic carbocycles. The Hall–Kier alpha value is -1.64. The minimum absolute atomic E-state index is 0.175. The van der Waals surface area contributed by atoms with Crippen molar-refractivity contribution in [1.82, 2.24) is 5.32 Å². The normalized spacial score (nSPS) is 13.9. The van der Waals surface area contributed by atoms with Crippen molar-refractivity contribution in [1.29, 1.82) is 0 Å². The maximum absolute atomic E-state index is 9.53. The zero-order valence-electron chi connectivity index (χ0n) is 12.0. The zero-order valence-corrected chi connectivity index (χ0v) is 12.0. The van der Waals surface area contributed by atoms with Gasteiger partial charge in [-0.25, -0.2) is 0 Å². The van der Waals surface area contributed by atoms with Gasteiger partial charge in [-0.15, -0.1) is 0 Å². The Bertz CT molecular complexity index is 489. The molecule has 2 aromatic rings. The Morgan fingerprint density at radius 2 is 1.55 bits per heavy atom. The van der Waals surface area contributed by atoms with Crippen molar-refractivity contribution in [3.05, 3.63) is 71.8 Å². The first-order valence-corrected chi connectivity index (χ1v) is 7.26. The number of aliphatic hydroxyl groups excluding tert-OH is 1. The molecule has 0 heterocycles. The molecule has 1 unspecified atom stereocenters. The maximum atomic E-state index is 9.53. The first kappa shape index (κ1) is 14.8. The lowest BCUT2D eigenvalue weighted by atomic mass is 9.81. The van der Waals surface area contributed by atoms with E-state index in [1.165, 1.54) is 11.1 Å². The largest absolute Gasteiger partial charge is 0.396 e. The van der Waals surface area contributed by atoms with Crippen molar-refractivity contribution in [3.63, 3.8) is 0 Å². The fraction of sp³-hybridized carbons (Fsp3) is 0.333. The van der Waals surface area contributed by atoms with E-state index in [1.807, 2.05) is 12.1 Å². The number of nitrogens with one attached hydrogen (secondary N) is 1. The SMILES string of the molecule is CCNC(CCO)(Cc1ccccc1)c1ccccc1. The second-order valence-corrected chi connectivity index (χ2v) is 5.11. The highest BCUT2D eigenvalue weighted by atomic mass is 16.3. The molecular weight excluding hydrogens is 246 g/mol. The number of aliphatic hydroxyl groups is 1. The summed E-state index contributed by atoms with van der Waals surface area (Å²) in [6.45, 7) is 3.16. The Morgan fingerprint density at radius 3 is 2.10 bits per heavy atom. The number of benzene rings is 2. The number of likely N-dealkylation sites (N-methyl/N-ethyl adjacent to an activating group) is 1. The van der Waals surface area contributed by atoms with Gasteiger partial charge in [0.25, 0.3) is 0 Å². The first-order valence-electron chi connectivity index (χ1n) is 7.26. The highest BCUT2D eigenvalue weighted by Gasteiger charge is 2.30. The van der Waals surface area contributed by atoms with Gasteiger partial charge in [0.15, 0.2) is 0 Å². The quantitative estimate of drug-likeness (QED) is 0.809. The summed E-state index contributed by atoms with van der Waals surface area (Å²) in [5.41, 5.74) is 2.32. The van der Waals surface area contributed by atoms with Gasteiger partial charge in [-0.2, -0.15) is 0 Å². The number of hydrogen-bond donors (Lipinski definition) is 2. The predicted molar refractivity (Wildman–Crippen MR) is 83.6 cm³/mol. The van der Waals surface area contributed by atoms with Crippen LogP contribution < -0.4 is 5.32 Å². The fourth-order valence-electron chi connectivity index (χ4n) is 2.82. The van der Waals surface area contributed by atoms with Crippen molar-refractivity contribution in [2.24, 2.45) is 0 Å². The molecule has 0 fully saturated rings. The van der Waals surface area contributed by atoms with Crippen LogP contribution in [0.4, 0.5) is 0 Å². The van der Waals surface area contributed by atoms with Crippen molar-refractivity contribution in [2.45, 2.75) is 25.3 Å². The average molecular weight is 269 g/mol. The summed E-state index contributed by atoms with van der Waals surface area (Å²) in [5.74, 6) is 0. The highest BCUT2D eigenvalue weighted by Crippen LogP contribution is 2.29. The van der Waals surface area contributed by atoms with Crippen LogP contribution in [0, 0.1) is 0 Å². The van der Waals surface area contributed by atoms with Crippen molar-refractivity contribution >= 4 is 0 Å². The third kappa shape index (κ3) is 3.47. The molecule has 0 saturated heterocycles. The molecule has 0 aliphatic heterocycles. The Kier molecular flexibility index (Phi) is 5.33. The standard InChI is InChI=1S/C18H23NO/c1-2-19-18(13-14-20,17-11-7-4-8-12-17)15-16-9-5-3-6-10-16/h3-12,19-20H,2,13-15H2,1H3. The fourth-order valence-corrected chi connectivity index (χ4v) is 2.82. The second kappa shape index (κ2) is 7.22. The summed E-state index contributed by atoms with van der Waals surface area (Å²) in [4.78, 5) is 0. The van der Waals surface area contributed by atoms with E-state index in [1.54, 1.807) is 0 Å². The molecule has 1 atom stereocenters. The van der Waals surface area contributed by atoms with Crippen molar-refractivity contribution < 1.29 is 5.11 Å². The minimum Gasteiger partial charge on any atom is -0.396 e. The molecule has 0 saturated carbocycles. The number of rotatable bonds is 7. The Morgan fingerprint density at radius 1 is 0.950 bits per heavy atom. The summed E-state index contributed by atoms with van der Waals surface area (Å²) >= 11 is 0. The third-order valence-corrected chi connectivity index (χ3v) is 3.73. The topological polar surface area (TPSA) is 32.3 Å². The summed E-state index contributed by atoms with van der Waals surface area (Å²) in [6, 6.07) is 20.9. The zero-order chi connectivity index (χ0) is 14.3. The molecule has 20 heavy (non-hydrogen) atoms. The molecule has 0 aliphatic rings. The van der Waals surface area contributed by atoms with Crippen LogP contribution in [0.1, 0.15) is 24.5 Å². The lowest BCUT2D eigenvalue weighted by Crippen LogP contribution is -2.45. The van der Waals surface area contributed by atoms with E-state index in [2.05, 4.69) is 60.8 Å². The van der Waals surface area contributed by atoms with E-state index in [0.717, 1.165) is 13.0 Å². The van der Waals surface area contributed by atoms with Crippen LogP contribution in [0.25, 0.3) is 0 Å². The third-order valence-electron chi connectivity index (χ3n) is 3.73. The van der Waals surface area contributed by atoms with E-state index in [-0.39, 0.29) is 12.1 Å². The van der Waals surface area contributed by atoms with E-state index in [9.17, 15) is 5.11 Å². The molecule has 0 amide bonds. The molecule has 2 nitrogen and oxygen atoms in total. The smallest absolute Gasteiger partial charge is 0.0497 e. The van der Waals surface area contributed by atoms with Gasteiger partial charge in [0, 0.05) is 12.1 Å². The summed E-state index contributed by atoms with van der Waals surface area (Å²) in [7, 11) is 0. The van der Waals surface area contributed by atoms with Crippen molar-refractivity contribution in [3.8, 4) is 0 Å². The molecule has 0 aromatic heterocycles.